The molecule has 1 aliphatic rings. The van der Waals surface area contributed by atoms with Crippen molar-refractivity contribution in [2.24, 2.45) is 0 Å². The largest absolute Gasteiger partial charge is 0.507 e. The van der Waals surface area contributed by atoms with Gasteiger partial charge >= 0.3 is 0 Å². The lowest BCUT2D eigenvalue weighted by Crippen LogP contribution is -2.29. The molecule has 8 heteroatoms. The van der Waals surface area contributed by atoms with Crippen LogP contribution in [0.1, 0.15) is 36.1 Å². The van der Waals surface area contributed by atoms with E-state index in [9.17, 15) is 19.8 Å². The van der Waals surface area contributed by atoms with Gasteiger partial charge in [-0.1, -0.05) is 19.1 Å². The zero-order valence-electron chi connectivity index (χ0n) is 19.5. The van der Waals surface area contributed by atoms with Crippen LogP contribution in [0.4, 0.5) is 0 Å². The van der Waals surface area contributed by atoms with E-state index < -0.39 is 17.7 Å². The number of ether oxygens (including phenoxy) is 2. The lowest BCUT2D eigenvalue weighted by atomic mass is 9.95. The predicted octanol–water partition coefficient (Wildman–Crippen LogP) is 4.21. The van der Waals surface area contributed by atoms with Gasteiger partial charge in [0.05, 0.1) is 25.3 Å². The van der Waals surface area contributed by atoms with Crippen molar-refractivity contribution in [1.29, 1.82) is 0 Å². The summed E-state index contributed by atoms with van der Waals surface area (Å²) in [6.45, 7) is 2.67. The molecule has 0 bridgehead atoms. The van der Waals surface area contributed by atoms with Gasteiger partial charge in [-0.2, -0.15) is 0 Å². The number of phenolic OH excluding ortho intramolecular Hbond substituents is 1. The molecule has 1 saturated heterocycles. The van der Waals surface area contributed by atoms with Crippen LogP contribution in [0.15, 0.2) is 72.6 Å². The topological polar surface area (TPSA) is 109 Å². The van der Waals surface area contributed by atoms with Crippen molar-refractivity contribution in [1.82, 2.24) is 9.88 Å². The maximum atomic E-state index is 13.2. The monoisotopic (exact) mass is 474 g/mol. The van der Waals surface area contributed by atoms with Gasteiger partial charge in [-0.3, -0.25) is 14.6 Å². The van der Waals surface area contributed by atoms with Gasteiger partial charge in [-0.15, -0.1) is 0 Å². The standard InChI is InChI=1S/C27H26N2O6/c1-3-13-35-20-9-6-18(7-10-20)25(31)23-24(19-8-11-21(30)22(14-19)34-2)29(27(33)26(23)32)16-17-5-4-12-28-15-17/h4-12,14-15,24,30-31H,3,13,16H2,1-2H3/t24-/m0/s1. The van der Waals surface area contributed by atoms with E-state index in [1.54, 1.807) is 60.9 Å². The molecule has 3 aromatic rings. The third kappa shape index (κ3) is 4.82. The number of carbonyl (C=O) groups is 2. The van der Waals surface area contributed by atoms with E-state index in [0.717, 1.165) is 12.0 Å². The molecule has 2 aromatic carbocycles. The summed E-state index contributed by atoms with van der Waals surface area (Å²) in [6.07, 6.45) is 4.09. The molecule has 0 aliphatic carbocycles. The lowest BCUT2D eigenvalue weighted by molar-refractivity contribution is -0.140. The Labute approximate surface area is 203 Å². The first-order valence-corrected chi connectivity index (χ1v) is 11.2. The fourth-order valence-corrected chi connectivity index (χ4v) is 4.03. The van der Waals surface area contributed by atoms with Crippen molar-refractivity contribution >= 4 is 17.4 Å². The van der Waals surface area contributed by atoms with E-state index in [1.165, 1.54) is 18.1 Å². The molecular formula is C27H26N2O6. The number of likely N-dealkylation sites (tertiary alicyclic amines) is 1. The van der Waals surface area contributed by atoms with Gasteiger partial charge in [-0.05, 0) is 60.0 Å². The summed E-state index contributed by atoms with van der Waals surface area (Å²) in [6, 6.07) is 13.9. The number of aromatic nitrogens is 1. The molecule has 1 atom stereocenters. The Morgan fingerprint density at radius 1 is 1.11 bits per heavy atom. The van der Waals surface area contributed by atoms with E-state index in [1.807, 2.05) is 6.92 Å². The number of nitrogens with zero attached hydrogens (tertiary/aromatic N) is 2. The molecule has 2 heterocycles. The molecule has 4 rings (SSSR count). The molecule has 8 nitrogen and oxygen atoms in total. The molecule has 1 amide bonds. The fraction of sp³-hybridized carbons (Fsp3) is 0.222. The summed E-state index contributed by atoms with van der Waals surface area (Å²) in [4.78, 5) is 31.8. The van der Waals surface area contributed by atoms with Crippen LogP contribution in [0, 0.1) is 0 Å². The molecule has 0 saturated carbocycles. The van der Waals surface area contributed by atoms with E-state index in [2.05, 4.69) is 4.98 Å². The number of aliphatic hydroxyl groups excluding tert-OH is 1. The third-order valence-corrected chi connectivity index (χ3v) is 5.74. The quantitative estimate of drug-likeness (QED) is 0.286. The number of methoxy groups -OCH3 is 1. The second kappa shape index (κ2) is 10.3. The Balaban J connectivity index is 1.82. The molecule has 1 aliphatic heterocycles. The van der Waals surface area contributed by atoms with Gasteiger partial charge in [0.1, 0.15) is 11.5 Å². The first-order valence-electron chi connectivity index (χ1n) is 11.2. The number of pyridine rings is 1. The van der Waals surface area contributed by atoms with Crippen LogP contribution in [0.2, 0.25) is 0 Å². The third-order valence-electron chi connectivity index (χ3n) is 5.74. The number of hydrogen-bond acceptors (Lipinski definition) is 7. The molecular weight excluding hydrogens is 448 g/mol. The smallest absolute Gasteiger partial charge is 0.295 e. The minimum Gasteiger partial charge on any atom is -0.507 e. The summed E-state index contributed by atoms with van der Waals surface area (Å²) in [7, 11) is 1.41. The highest BCUT2D eigenvalue weighted by molar-refractivity contribution is 6.46. The van der Waals surface area contributed by atoms with Crippen molar-refractivity contribution in [3.05, 3.63) is 89.3 Å². The maximum Gasteiger partial charge on any atom is 0.295 e. The average molecular weight is 475 g/mol. The predicted molar refractivity (Wildman–Crippen MR) is 129 cm³/mol. The second-order valence-corrected chi connectivity index (χ2v) is 8.09. The fourth-order valence-electron chi connectivity index (χ4n) is 4.03. The first kappa shape index (κ1) is 23.8. The molecule has 1 fully saturated rings. The van der Waals surface area contributed by atoms with Gasteiger partial charge in [0, 0.05) is 24.5 Å². The number of aliphatic hydroxyl groups is 1. The summed E-state index contributed by atoms with van der Waals surface area (Å²) < 4.78 is 10.8. The molecule has 1 aromatic heterocycles. The van der Waals surface area contributed by atoms with Gasteiger partial charge in [-0.25, -0.2) is 0 Å². The number of carbonyl (C=O) groups excluding carboxylic acids is 2. The number of phenols is 1. The SMILES string of the molecule is CCCOc1ccc(C(O)=C2C(=O)C(=O)N(Cc3cccnc3)[C@H]2c2ccc(O)c(OC)c2)cc1. The van der Waals surface area contributed by atoms with Crippen LogP contribution in [0.3, 0.4) is 0 Å². The Hall–Kier alpha value is -4.33. The number of benzene rings is 2. The summed E-state index contributed by atoms with van der Waals surface area (Å²) in [5, 5.41) is 21.3. The Morgan fingerprint density at radius 2 is 1.89 bits per heavy atom. The van der Waals surface area contributed by atoms with Crippen LogP contribution < -0.4 is 9.47 Å². The highest BCUT2D eigenvalue weighted by Crippen LogP contribution is 2.42. The number of ketones is 1. The minimum absolute atomic E-state index is 0.0474. The minimum atomic E-state index is -0.902. The van der Waals surface area contributed by atoms with E-state index in [0.29, 0.717) is 23.5 Å². The molecule has 0 radical (unpaired) electrons. The Bertz CT molecular complexity index is 1250. The molecule has 35 heavy (non-hydrogen) atoms. The summed E-state index contributed by atoms with van der Waals surface area (Å²) in [5.74, 6) is -1.09. The van der Waals surface area contributed by atoms with Crippen molar-refractivity contribution < 1.29 is 29.3 Å². The first-order chi connectivity index (χ1) is 16.9. The van der Waals surface area contributed by atoms with Gasteiger partial charge in [0.15, 0.2) is 11.5 Å². The van der Waals surface area contributed by atoms with Crippen LogP contribution in [-0.4, -0.2) is 45.5 Å². The number of rotatable bonds is 8. The molecule has 0 unspecified atom stereocenters. The Kier molecular flexibility index (Phi) is 7.01. The molecule has 2 N–H and O–H groups in total. The summed E-state index contributed by atoms with van der Waals surface area (Å²) >= 11 is 0. The highest BCUT2D eigenvalue weighted by Gasteiger charge is 2.46. The lowest BCUT2D eigenvalue weighted by Gasteiger charge is -2.25. The van der Waals surface area contributed by atoms with E-state index in [-0.39, 0.29) is 29.4 Å². The van der Waals surface area contributed by atoms with Crippen LogP contribution in [-0.2, 0) is 16.1 Å². The van der Waals surface area contributed by atoms with Gasteiger partial charge in [0.2, 0.25) is 0 Å². The zero-order valence-corrected chi connectivity index (χ0v) is 19.5. The average Bonchev–Trinajstić information content (AvgIpc) is 3.13. The highest BCUT2D eigenvalue weighted by atomic mass is 16.5. The van der Waals surface area contributed by atoms with Gasteiger partial charge < -0.3 is 24.6 Å². The van der Waals surface area contributed by atoms with Crippen molar-refractivity contribution in [3.8, 4) is 17.2 Å². The second-order valence-electron chi connectivity index (χ2n) is 8.09. The number of amides is 1. The maximum absolute atomic E-state index is 13.2. The van der Waals surface area contributed by atoms with E-state index in [4.69, 9.17) is 9.47 Å². The van der Waals surface area contributed by atoms with Gasteiger partial charge in [0.25, 0.3) is 11.7 Å². The zero-order chi connectivity index (χ0) is 24.9. The van der Waals surface area contributed by atoms with Crippen molar-refractivity contribution in [2.45, 2.75) is 25.9 Å². The molecule has 180 valence electrons. The van der Waals surface area contributed by atoms with Crippen LogP contribution in [0.25, 0.3) is 5.76 Å². The van der Waals surface area contributed by atoms with Crippen molar-refractivity contribution in [2.75, 3.05) is 13.7 Å². The number of Topliss-reactive ketones (excluding diaryl/α,β-unsaturated/α-hetero) is 1. The Morgan fingerprint density at radius 3 is 2.54 bits per heavy atom. The van der Waals surface area contributed by atoms with Crippen molar-refractivity contribution in [3.63, 3.8) is 0 Å². The summed E-state index contributed by atoms with van der Waals surface area (Å²) in [5.41, 5.74) is 1.56. The van der Waals surface area contributed by atoms with Crippen LogP contribution in [0.5, 0.6) is 17.2 Å². The molecule has 0 spiro atoms. The normalized spacial score (nSPS) is 17.0. The van der Waals surface area contributed by atoms with E-state index >= 15 is 0 Å². The number of hydrogen-bond donors (Lipinski definition) is 2. The number of aromatic hydroxyl groups is 1. The van der Waals surface area contributed by atoms with Crippen LogP contribution >= 0.6 is 0 Å².